The van der Waals surface area contributed by atoms with Crippen LogP contribution in [0.1, 0.15) is 13.3 Å². The van der Waals surface area contributed by atoms with Crippen LogP contribution in [0.5, 0.6) is 0 Å². The van der Waals surface area contributed by atoms with Gasteiger partial charge in [-0.15, -0.1) is 39.8 Å². The van der Waals surface area contributed by atoms with Crippen LogP contribution in [0.2, 0.25) is 6.04 Å². The van der Waals surface area contributed by atoms with Crippen molar-refractivity contribution in [3.63, 3.8) is 0 Å². The van der Waals surface area contributed by atoms with E-state index in [0.717, 1.165) is 12.0 Å². The highest BCUT2D eigenvalue weighted by Gasteiger charge is 2.23. The maximum Gasteiger partial charge on any atom is 0.341 e. The molecule has 0 heterocycles. The lowest BCUT2D eigenvalue weighted by Crippen LogP contribution is -2.07. The third kappa shape index (κ3) is 8.83. The van der Waals surface area contributed by atoms with E-state index in [2.05, 4.69) is 6.58 Å². The lowest BCUT2D eigenvalue weighted by atomic mass is 10.3. The molecule has 0 atom stereocenters. The van der Waals surface area contributed by atoms with E-state index in [1.807, 2.05) is 6.92 Å². The summed E-state index contributed by atoms with van der Waals surface area (Å²) in [5.74, 6) is 0. The lowest BCUT2D eigenvalue weighted by molar-refractivity contribution is 1.10. The summed E-state index contributed by atoms with van der Waals surface area (Å²) in [6, 6.07) is -1.68. The number of halogens is 3. The van der Waals surface area contributed by atoms with Gasteiger partial charge in [-0.05, 0) is 19.4 Å². The van der Waals surface area contributed by atoms with Crippen molar-refractivity contribution in [3.05, 3.63) is 12.2 Å². The van der Waals surface area contributed by atoms with Crippen LogP contribution >= 0.6 is 33.2 Å². The van der Waals surface area contributed by atoms with Gasteiger partial charge in [-0.2, -0.15) is 0 Å². The first-order chi connectivity index (χ1) is 3.92. The minimum absolute atomic E-state index is 0.688. The zero-order valence-electron chi connectivity index (χ0n) is 5.26. The monoisotopic (exact) mass is 202 g/mol. The average molecular weight is 204 g/mol. The standard InChI is InChI=1S/C5H9Cl3Si/c1-5(2)3-4-9(6,7)8/h1,3-4H2,2H3. The van der Waals surface area contributed by atoms with Gasteiger partial charge in [-0.3, -0.25) is 0 Å². The van der Waals surface area contributed by atoms with Gasteiger partial charge in [0, 0.05) is 0 Å². The highest BCUT2D eigenvalue weighted by Crippen LogP contribution is 2.27. The molecule has 0 saturated heterocycles. The molecule has 0 nitrogen and oxygen atoms in total. The minimum Gasteiger partial charge on any atom is -0.126 e. The van der Waals surface area contributed by atoms with Crippen LogP contribution in [-0.4, -0.2) is 6.00 Å². The zero-order chi connectivity index (χ0) is 7.49. The van der Waals surface area contributed by atoms with Gasteiger partial charge < -0.3 is 0 Å². The molecule has 9 heavy (non-hydrogen) atoms. The zero-order valence-corrected chi connectivity index (χ0v) is 8.52. The Kier molecular flexibility index (Phi) is 4.22. The van der Waals surface area contributed by atoms with Crippen molar-refractivity contribution >= 4 is 39.2 Å². The maximum absolute atomic E-state index is 5.61. The normalized spacial score (nSPS) is 11.6. The molecule has 0 radical (unpaired) electrons. The van der Waals surface area contributed by atoms with E-state index in [4.69, 9.17) is 33.2 Å². The minimum atomic E-state index is -2.36. The fourth-order valence-electron chi connectivity index (χ4n) is 0.355. The molecule has 0 aliphatic rings. The van der Waals surface area contributed by atoms with Crippen LogP contribution in [-0.2, 0) is 0 Å². The van der Waals surface area contributed by atoms with Crippen LogP contribution in [0.3, 0.4) is 0 Å². The Morgan fingerprint density at radius 2 is 1.89 bits per heavy atom. The SMILES string of the molecule is C=C(C)CC[Si](Cl)(Cl)Cl. The Bertz CT molecular complexity index is 105. The predicted octanol–water partition coefficient (Wildman–Crippen LogP) is 3.61. The van der Waals surface area contributed by atoms with Crippen molar-refractivity contribution in [2.45, 2.75) is 19.4 Å². The van der Waals surface area contributed by atoms with Crippen LogP contribution in [0, 0.1) is 0 Å². The Balaban J connectivity index is 3.39. The summed E-state index contributed by atoms with van der Waals surface area (Å²) < 4.78 is 0. The van der Waals surface area contributed by atoms with E-state index in [0.29, 0.717) is 6.04 Å². The summed E-state index contributed by atoms with van der Waals surface area (Å²) in [5.41, 5.74) is 1.08. The van der Waals surface area contributed by atoms with Crippen molar-refractivity contribution in [3.8, 4) is 0 Å². The molecule has 54 valence electrons. The maximum atomic E-state index is 5.61. The topological polar surface area (TPSA) is 0 Å². The lowest BCUT2D eigenvalue weighted by Gasteiger charge is -2.05. The Labute approximate surface area is 70.9 Å². The first-order valence-electron chi connectivity index (χ1n) is 2.63. The van der Waals surface area contributed by atoms with Gasteiger partial charge in [0.25, 0.3) is 0 Å². The molecule has 0 fully saturated rings. The highest BCUT2D eigenvalue weighted by atomic mass is 35.8. The summed E-state index contributed by atoms with van der Waals surface area (Å²) in [7, 11) is 0. The van der Waals surface area contributed by atoms with E-state index < -0.39 is 6.00 Å². The van der Waals surface area contributed by atoms with Crippen molar-refractivity contribution in [1.29, 1.82) is 0 Å². The molecule has 0 aromatic rings. The van der Waals surface area contributed by atoms with Gasteiger partial charge in [0.05, 0.1) is 0 Å². The molecule has 0 spiro atoms. The van der Waals surface area contributed by atoms with E-state index in [1.54, 1.807) is 0 Å². The molecule has 0 bridgehead atoms. The van der Waals surface area contributed by atoms with E-state index >= 15 is 0 Å². The first-order valence-corrected chi connectivity index (χ1v) is 7.87. The molecule has 0 aromatic heterocycles. The molecule has 4 heteroatoms. The largest absolute Gasteiger partial charge is 0.341 e. The first kappa shape index (κ1) is 9.83. The number of rotatable bonds is 3. The molecule has 0 amide bonds. The molecule has 0 unspecified atom stereocenters. The van der Waals surface area contributed by atoms with Crippen LogP contribution in [0.15, 0.2) is 12.2 Å². The smallest absolute Gasteiger partial charge is 0.126 e. The summed E-state index contributed by atoms with van der Waals surface area (Å²) >= 11 is 16.8. The van der Waals surface area contributed by atoms with E-state index in [-0.39, 0.29) is 0 Å². The number of hydrogen-bond acceptors (Lipinski definition) is 0. The van der Waals surface area contributed by atoms with Gasteiger partial charge in [0.1, 0.15) is 0 Å². The second-order valence-electron chi connectivity index (χ2n) is 2.07. The average Bonchev–Trinajstić information content (AvgIpc) is 1.59. The molecule has 0 saturated carbocycles. The molecular weight excluding hydrogens is 194 g/mol. The summed E-state index contributed by atoms with van der Waals surface area (Å²) in [6.07, 6.45) is 0.836. The summed E-state index contributed by atoms with van der Waals surface area (Å²) in [6.45, 7) is 5.64. The molecule has 0 aliphatic heterocycles. The molecule has 0 aliphatic carbocycles. The van der Waals surface area contributed by atoms with Crippen LogP contribution in [0.25, 0.3) is 0 Å². The molecule has 0 rings (SSSR count). The highest BCUT2D eigenvalue weighted by molar-refractivity contribution is 7.64. The molecule has 0 N–H and O–H groups in total. The van der Waals surface area contributed by atoms with Crippen molar-refractivity contribution in [1.82, 2.24) is 0 Å². The quantitative estimate of drug-likeness (QED) is 0.373. The van der Waals surface area contributed by atoms with Crippen molar-refractivity contribution < 1.29 is 0 Å². The van der Waals surface area contributed by atoms with Gasteiger partial charge in [-0.25, -0.2) is 0 Å². The fourth-order valence-corrected chi connectivity index (χ4v) is 1.92. The van der Waals surface area contributed by atoms with Crippen molar-refractivity contribution in [2.75, 3.05) is 0 Å². The Hall–Kier alpha value is 0.827. The van der Waals surface area contributed by atoms with E-state index in [1.165, 1.54) is 0 Å². The summed E-state index contributed by atoms with van der Waals surface area (Å²) in [5, 5.41) is 0. The van der Waals surface area contributed by atoms with Gasteiger partial charge in [0.15, 0.2) is 0 Å². The fraction of sp³-hybridized carbons (Fsp3) is 0.600. The van der Waals surface area contributed by atoms with Gasteiger partial charge in [0.2, 0.25) is 0 Å². The van der Waals surface area contributed by atoms with E-state index in [9.17, 15) is 0 Å². The van der Waals surface area contributed by atoms with Gasteiger partial charge in [-0.1, -0.05) is 5.57 Å². The molecular formula is C5H9Cl3Si. The third-order valence-electron chi connectivity index (χ3n) is 0.835. The second-order valence-corrected chi connectivity index (χ2v) is 11.4. The van der Waals surface area contributed by atoms with Gasteiger partial charge >= 0.3 is 6.00 Å². The van der Waals surface area contributed by atoms with Crippen LogP contribution < -0.4 is 0 Å². The summed E-state index contributed by atoms with van der Waals surface area (Å²) in [4.78, 5) is 0. The van der Waals surface area contributed by atoms with Crippen molar-refractivity contribution in [2.24, 2.45) is 0 Å². The molecule has 0 aromatic carbocycles. The number of allylic oxidation sites excluding steroid dienone is 1. The Morgan fingerprint density at radius 3 is 2.00 bits per heavy atom. The Morgan fingerprint density at radius 1 is 1.44 bits per heavy atom. The third-order valence-corrected chi connectivity index (χ3v) is 3.35. The number of hydrogen-bond donors (Lipinski definition) is 0. The second kappa shape index (κ2) is 3.87. The predicted molar refractivity (Wildman–Crippen MR) is 47.6 cm³/mol. The van der Waals surface area contributed by atoms with Crippen LogP contribution in [0.4, 0.5) is 0 Å².